The molecule has 92 valence electrons. The number of hydrogen-bond donors (Lipinski definition) is 1. The van der Waals surface area contributed by atoms with Crippen molar-refractivity contribution < 1.29 is 14.6 Å². The van der Waals surface area contributed by atoms with Gasteiger partial charge in [0.1, 0.15) is 0 Å². The Morgan fingerprint density at radius 2 is 2.38 bits per heavy atom. The fourth-order valence-corrected chi connectivity index (χ4v) is 2.35. The molecule has 0 radical (unpaired) electrons. The van der Waals surface area contributed by atoms with Crippen molar-refractivity contribution in [2.75, 3.05) is 20.2 Å². The summed E-state index contributed by atoms with van der Waals surface area (Å²) in [4.78, 5) is 12.7. The zero-order chi connectivity index (χ0) is 12.0. The number of rotatable bonds is 6. The third-order valence-electron chi connectivity index (χ3n) is 3.15. The summed E-state index contributed by atoms with van der Waals surface area (Å²) in [6.45, 7) is 4.40. The van der Waals surface area contributed by atoms with Crippen LogP contribution in [0.3, 0.4) is 0 Å². The predicted octanol–water partition coefficient (Wildman–Crippen LogP) is 1.52. The highest BCUT2D eigenvalue weighted by atomic mass is 16.5. The molecule has 1 N–H and O–H groups in total. The minimum atomic E-state index is -0.776. The molecule has 0 aromatic heterocycles. The molecule has 1 saturated carbocycles. The maximum absolute atomic E-state index is 10.8. The molecule has 1 aliphatic rings. The molecule has 0 aromatic rings. The highest BCUT2D eigenvalue weighted by molar-refractivity contribution is 5.69. The Morgan fingerprint density at radius 3 is 2.94 bits per heavy atom. The summed E-state index contributed by atoms with van der Waals surface area (Å²) in [5, 5.41) is 8.86. The fraction of sp³-hybridized carbons (Fsp3) is 0.750. The smallest absolute Gasteiger partial charge is 0.317 e. The van der Waals surface area contributed by atoms with E-state index in [1.54, 1.807) is 13.2 Å². The van der Waals surface area contributed by atoms with Crippen molar-refractivity contribution in [3.63, 3.8) is 0 Å². The third kappa shape index (κ3) is 3.94. The van der Waals surface area contributed by atoms with Gasteiger partial charge in [-0.05, 0) is 25.7 Å². The molecule has 1 rings (SSSR count). The average Bonchev–Trinajstić information content (AvgIpc) is 2.28. The van der Waals surface area contributed by atoms with Gasteiger partial charge in [-0.1, -0.05) is 6.08 Å². The van der Waals surface area contributed by atoms with E-state index in [4.69, 9.17) is 9.84 Å². The van der Waals surface area contributed by atoms with Gasteiger partial charge in [0.25, 0.3) is 0 Å². The largest absolute Gasteiger partial charge is 0.480 e. The summed E-state index contributed by atoms with van der Waals surface area (Å²) in [6.07, 6.45) is 6.22. The van der Waals surface area contributed by atoms with Crippen LogP contribution in [-0.4, -0.2) is 48.3 Å². The zero-order valence-corrected chi connectivity index (χ0v) is 9.89. The monoisotopic (exact) mass is 227 g/mol. The Bertz CT molecular complexity index is 242. The second kappa shape index (κ2) is 6.66. The summed E-state index contributed by atoms with van der Waals surface area (Å²) in [5.74, 6) is -0.776. The first-order valence-electron chi connectivity index (χ1n) is 5.77. The Kier molecular flexibility index (Phi) is 5.49. The maximum Gasteiger partial charge on any atom is 0.317 e. The molecular weight excluding hydrogens is 206 g/mol. The van der Waals surface area contributed by atoms with Gasteiger partial charge in [0, 0.05) is 19.7 Å². The van der Waals surface area contributed by atoms with E-state index in [9.17, 15) is 4.79 Å². The lowest BCUT2D eigenvalue weighted by molar-refractivity contribution is -0.139. The molecule has 2 atom stereocenters. The van der Waals surface area contributed by atoms with Crippen molar-refractivity contribution in [3.8, 4) is 0 Å². The number of hydrogen-bond acceptors (Lipinski definition) is 3. The Balaban J connectivity index is 2.54. The lowest BCUT2D eigenvalue weighted by Crippen LogP contribution is -2.43. The van der Waals surface area contributed by atoms with E-state index >= 15 is 0 Å². The van der Waals surface area contributed by atoms with Crippen LogP contribution < -0.4 is 0 Å². The summed E-state index contributed by atoms with van der Waals surface area (Å²) in [7, 11) is 1.72. The third-order valence-corrected chi connectivity index (χ3v) is 3.15. The van der Waals surface area contributed by atoms with Crippen LogP contribution in [0.1, 0.15) is 25.7 Å². The van der Waals surface area contributed by atoms with Crippen molar-refractivity contribution in [1.29, 1.82) is 0 Å². The molecule has 0 spiro atoms. The van der Waals surface area contributed by atoms with Crippen LogP contribution in [-0.2, 0) is 9.53 Å². The molecule has 1 aliphatic carbocycles. The molecule has 0 heterocycles. The van der Waals surface area contributed by atoms with Crippen molar-refractivity contribution >= 4 is 5.97 Å². The van der Waals surface area contributed by atoms with Gasteiger partial charge in [-0.15, -0.1) is 6.58 Å². The molecule has 4 heteroatoms. The van der Waals surface area contributed by atoms with E-state index in [1.807, 2.05) is 4.90 Å². The lowest BCUT2D eigenvalue weighted by Gasteiger charge is -2.35. The van der Waals surface area contributed by atoms with Gasteiger partial charge in [0.15, 0.2) is 0 Å². The van der Waals surface area contributed by atoms with Crippen LogP contribution >= 0.6 is 0 Å². The molecule has 0 aliphatic heterocycles. The Labute approximate surface area is 96.9 Å². The number of carbonyl (C=O) groups is 1. The van der Waals surface area contributed by atoms with Gasteiger partial charge in [-0.2, -0.15) is 0 Å². The van der Waals surface area contributed by atoms with Crippen LogP contribution in [0.4, 0.5) is 0 Å². The van der Waals surface area contributed by atoms with E-state index in [2.05, 4.69) is 6.58 Å². The lowest BCUT2D eigenvalue weighted by atomic mass is 9.91. The topological polar surface area (TPSA) is 49.8 Å². The summed E-state index contributed by atoms with van der Waals surface area (Å²) < 4.78 is 5.35. The molecule has 2 unspecified atom stereocenters. The molecule has 0 aromatic carbocycles. The minimum absolute atomic E-state index is 0.0904. The number of methoxy groups -OCH3 is 1. The average molecular weight is 227 g/mol. The minimum Gasteiger partial charge on any atom is -0.480 e. The number of nitrogens with zero attached hydrogens (tertiary/aromatic N) is 1. The first-order valence-corrected chi connectivity index (χ1v) is 5.77. The van der Waals surface area contributed by atoms with Gasteiger partial charge in [-0.25, -0.2) is 0 Å². The fourth-order valence-electron chi connectivity index (χ4n) is 2.35. The first kappa shape index (κ1) is 13.2. The van der Waals surface area contributed by atoms with E-state index in [1.165, 1.54) is 0 Å². The molecule has 1 fully saturated rings. The number of carboxylic acid groups (broad SMARTS) is 1. The second-order valence-corrected chi connectivity index (χ2v) is 4.29. The number of aliphatic carboxylic acids is 1. The van der Waals surface area contributed by atoms with Gasteiger partial charge in [0.2, 0.25) is 0 Å². The standard InChI is InChI=1S/C12H21NO3/c1-3-7-13(9-12(14)15)10-5-4-6-11(8-10)16-2/h3,10-11H,1,4-9H2,2H3,(H,14,15). The van der Waals surface area contributed by atoms with E-state index < -0.39 is 5.97 Å². The zero-order valence-electron chi connectivity index (χ0n) is 9.89. The maximum atomic E-state index is 10.8. The van der Waals surface area contributed by atoms with Crippen LogP contribution in [0.25, 0.3) is 0 Å². The van der Waals surface area contributed by atoms with Crippen LogP contribution in [0.2, 0.25) is 0 Å². The normalized spacial score (nSPS) is 25.6. The van der Waals surface area contributed by atoms with Crippen molar-refractivity contribution in [3.05, 3.63) is 12.7 Å². The van der Waals surface area contributed by atoms with Crippen molar-refractivity contribution in [2.45, 2.75) is 37.8 Å². The van der Waals surface area contributed by atoms with Gasteiger partial charge in [-0.3, -0.25) is 9.69 Å². The molecule has 0 amide bonds. The number of carboxylic acids is 1. The van der Waals surface area contributed by atoms with E-state index in [0.29, 0.717) is 12.6 Å². The molecule has 16 heavy (non-hydrogen) atoms. The Hall–Kier alpha value is -0.870. The molecule has 0 saturated heterocycles. The summed E-state index contributed by atoms with van der Waals surface area (Å²) in [6, 6.07) is 0.313. The SMILES string of the molecule is C=CCN(CC(=O)O)C1CCCC(OC)C1. The summed E-state index contributed by atoms with van der Waals surface area (Å²) >= 11 is 0. The van der Waals surface area contributed by atoms with Crippen molar-refractivity contribution in [2.24, 2.45) is 0 Å². The van der Waals surface area contributed by atoms with E-state index in [-0.39, 0.29) is 12.6 Å². The second-order valence-electron chi connectivity index (χ2n) is 4.29. The van der Waals surface area contributed by atoms with Crippen LogP contribution in [0, 0.1) is 0 Å². The van der Waals surface area contributed by atoms with E-state index in [0.717, 1.165) is 25.7 Å². The summed E-state index contributed by atoms with van der Waals surface area (Å²) in [5.41, 5.74) is 0. The van der Waals surface area contributed by atoms with Gasteiger partial charge < -0.3 is 9.84 Å². The molecular formula is C12H21NO3. The predicted molar refractivity (Wildman–Crippen MR) is 62.5 cm³/mol. The Morgan fingerprint density at radius 1 is 1.62 bits per heavy atom. The molecule has 0 bridgehead atoms. The molecule has 4 nitrogen and oxygen atoms in total. The highest BCUT2D eigenvalue weighted by Crippen LogP contribution is 2.24. The quantitative estimate of drug-likeness (QED) is 0.699. The highest BCUT2D eigenvalue weighted by Gasteiger charge is 2.27. The van der Waals surface area contributed by atoms with Gasteiger partial charge in [0.05, 0.1) is 12.6 Å². The van der Waals surface area contributed by atoms with Gasteiger partial charge >= 0.3 is 5.97 Å². The first-order chi connectivity index (χ1) is 7.67. The van der Waals surface area contributed by atoms with Crippen molar-refractivity contribution in [1.82, 2.24) is 4.90 Å². The van der Waals surface area contributed by atoms with Crippen LogP contribution in [0.15, 0.2) is 12.7 Å². The van der Waals surface area contributed by atoms with Crippen LogP contribution in [0.5, 0.6) is 0 Å². The number of ether oxygens (including phenoxy) is 1.